The molecule has 0 amide bonds. The second kappa shape index (κ2) is 8.96. The van der Waals surface area contributed by atoms with Crippen molar-refractivity contribution in [3.63, 3.8) is 0 Å². The molecule has 7 heteroatoms. The number of hydrogen-bond donors (Lipinski definition) is 1. The zero-order chi connectivity index (χ0) is 22.9. The van der Waals surface area contributed by atoms with Crippen LogP contribution >= 0.6 is 23.8 Å². The van der Waals surface area contributed by atoms with Gasteiger partial charge in [-0.25, -0.2) is 0 Å². The largest absolute Gasteiger partial charge is 0.352 e. The Hall–Kier alpha value is -3.22. The molecule has 4 heterocycles. The van der Waals surface area contributed by atoms with Crippen LogP contribution in [-0.2, 0) is 6.54 Å². The number of aryl methyl sites for hydroxylation is 1. The Morgan fingerprint density at radius 3 is 2.48 bits per heavy atom. The molecule has 0 radical (unpaired) electrons. The van der Waals surface area contributed by atoms with Crippen LogP contribution < -0.4 is 5.32 Å². The quantitative estimate of drug-likeness (QED) is 0.376. The molecule has 0 unspecified atom stereocenters. The molecule has 1 N–H and O–H groups in total. The summed E-state index contributed by atoms with van der Waals surface area (Å²) in [7, 11) is 0. The van der Waals surface area contributed by atoms with Crippen molar-refractivity contribution in [2.45, 2.75) is 32.5 Å². The fourth-order valence-electron chi connectivity index (χ4n) is 4.69. The fourth-order valence-corrected chi connectivity index (χ4v) is 5.22. The van der Waals surface area contributed by atoms with Crippen LogP contribution in [0.2, 0.25) is 5.02 Å². The molecular formula is C26H24ClN5S. The SMILES string of the molecule is Cc1cc([C@H]2[C@H](c3ccccn3)NC(=S)N2Cc2ccncc2)c(C)n1-c1ccccc1Cl. The van der Waals surface area contributed by atoms with E-state index in [0.717, 1.165) is 38.5 Å². The standard InChI is InChI=1S/C26H24ClN5S/c1-17-15-20(18(2)32(17)23-9-4-3-7-21(23)27)25-24(22-8-5-6-12-29-22)30-26(33)31(25)16-19-10-13-28-14-11-19/h3-15,24-25H,16H2,1-2H3,(H,30,33)/t24-,25-/m0/s1. The van der Waals surface area contributed by atoms with Gasteiger partial charge in [-0.15, -0.1) is 0 Å². The molecule has 1 aliphatic heterocycles. The molecular weight excluding hydrogens is 450 g/mol. The van der Waals surface area contributed by atoms with E-state index in [1.54, 1.807) is 0 Å². The Morgan fingerprint density at radius 2 is 1.76 bits per heavy atom. The first kappa shape index (κ1) is 21.6. The van der Waals surface area contributed by atoms with Crippen LogP contribution in [0.15, 0.2) is 79.3 Å². The Balaban J connectivity index is 1.63. The summed E-state index contributed by atoms with van der Waals surface area (Å²) >= 11 is 12.4. The van der Waals surface area contributed by atoms with Crippen molar-refractivity contribution >= 4 is 28.9 Å². The summed E-state index contributed by atoms with van der Waals surface area (Å²) < 4.78 is 2.22. The molecule has 0 saturated carbocycles. The van der Waals surface area contributed by atoms with Gasteiger partial charge in [-0.05, 0) is 79.7 Å². The maximum atomic E-state index is 6.58. The van der Waals surface area contributed by atoms with E-state index < -0.39 is 0 Å². The molecule has 1 aromatic carbocycles. The van der Waals surface area contributed by atoms with Gasteiger partial charge >= 0.3 is 0 Å². The van der Waals surface area contributed by atoms with Gasteiger partial charge in [-0.3, -0.25) is 9.97 Å². The van der Waals surface area contributed by atoms with Gasteiger partial charge in [-0.2, -0.15) is 0 Å². The van der Waals surface area contributed by atoms with Gasteiger partial charge in [0.25, 0.3) is 0 Å². The first-order valence-electron chi connectivity index (χ1n) is 10.9. The smallest absolute Gasteiger partial charge is 0.170 e. The number of hydrogen-bond acceptors (Lipinski definition) is 3. The van der Waals surface area contributed by atoms with Crippen molar-refractivity contribution in [2.75, 3.05) is 0 Å². The number of rotatable bonds is 5. The maximum Gasteiger partial charge on any atom is 0.170 e. The van der Waals surface area contributed by atoms with Crippen molar-refractivity contribution in [3.05, 3.63) is 112 Å². The van der Waals surface area contributed by atoms with Crippen LogP contribution in [0.3, 0.4) is 0 Å². The van der Waals surface area contributed by atoms with Gasteiger partial charge in [0.2, 0.25) is 0 Å². The predicted octanol–water partition coefficient (Wildman–Crippen LogP) is 5.71. The Bertz CT molecular complexity index is 1290. The predicted molar refractivity (Wildman–Crippen MR) is 135 cm³/mol. The monoisotopic (exact) mass is 473 g/mol. The minimum atomic E-state index is -0.0688. The molecule has 1 fully saturated rings. The Morgan fingerprint density at radius 1 is 1.00 bits per heavy atom. The highest BCUT2D eigenvalue weighted by Crippen LogP contribution is 2.42. The third kappa shape index (κ3) is 4.01. The second-order valence-corrected chi connectivity index (χ2v) is 9.02. The number of nitrogens with zero attached hydrogens (tertiary/aromatic N) is 4. The highest BCUT2D eigenvalue weighted by molar-refractivity contribution is 7.80. The maximum absolute atomic E-state index is 6.58. The molecule has 1 saturated heterocycles. The van der Waals surface area contributed by atoms with Crippen LogP contribution in [0.25, 0.3) is 5.69 Å². The number of thiocarbonyl (C=S) groups is 1. The van der Waals surface area contributed by atoms with E-state index in [1.165, 1.54) is 5.56 Å². The zero-order valence-corrected chi connectivity index (χ0v) is 20.0. The highest BCUT2D eigenvalue weighted by Gasteiger charge is 2.41. The molecule has 5 rings (SSSR count). The van der Waals surface area contributed by atoms with E-state index in [1.807, 2.05) is 61.1 Å². The molecule has 0 bridgehead atoms. The van der Waals surface area contributed by atoms with Crippen LogP contribution in [0.4, 0.5) is 0 Å². The zero-order valence-electron chi connectivity index (χ0n) is 18.4. The summed E-state index contributed by atoms with van der Waals surface area (Å²) in [6.45, 7) is 4.94. The van der Waals surface area contributed by atoms with Gasteiger partial charge in [0.1, 0.15) is 0 Å². The van der Waals surface area contributed by atoms with Gasteiger partial charge in [0.05, 0.1) is 28.5 Å². The van der Waals surface area contributed by atoms with E-state index in [4.69, 9.17) is 23.8 Å². The van der Waals surface area contributed by atoms with E-state index in [0.29, 0.717) is 6.54 Å². The number of benzene rings is 1. The average Bonchev–Trinajstić information content (AvgIpc) is 3.30. The number of aromatic nitrogens is 3. The van der Waals surface area contributed by atoms with E-state index in [2.05, 4.69) is 56.8 Å². The minimum absolute atomic E-state index is 0.0250. The topological polar surface area (TPSA) is 46.0 Å². The van der Waals surface area contributed by atoms with Crippen molar-refractivity contribution in [1.82, 2.24) is 24.8 Å². The number of halogens is 1. The number of nitrogens with one attached hydrogen (secondary N) is 1. The molecule has 4 aromatic rings. The highest BCUT2D eigenvalue weighted by atomic mass is 35.5. The van der Waals surface area contributed by atoms with E-state index in [-0.39, 0.29) is 12.1 Å². The average molecular weight is 474 g/mol. The van der Waals surface area contributed by atoms with Crippen LogP contribution in [0.5, 0.6) is 0 Å². The van der Waals surface area contributed by atoms with Gasteiger partial charge < -0.3 is 14.8 Å². The lowest BCUT2D eigenvalue weighted by Crippen LogP contribution is -2.29. The normalized spacial score (nSPS) is 17.9. The second-order valence-electron chi connectivity index (χ2n) is 8.22. The van der Waals surface area contributed by atoms with Crippen molar-refractivity contribution < 1.29 is 0 Å². The summed E-state index contributed by atoms with van der Waals surface area (Å²) in [5.74, 6) is 0. The lowest BCUT2D eigenvalue weighted by atomic mass is 9.96. The van der Waals surface area contributed by atoms with Gasteiger partial charge in [0, 0.05) is 36.5 Å². The summed E-state index contributed by atoms with van der Waals surface area (Å²) in [5.41, 5.74) is 6.55. The summed E-state index contributed by atoms with van der Waals surface area (Å²) in [4.78, 5) is 11.1. The molecule has 166 valence electrons. The van der Waals surface area contributed by atoms with E-state index >= 15 is 0 Å². The van der Waals surface area contributed by atoms with Crippen LogP contribution in [-0.4, -0.2) is 24.5 Å². The molecule has 0 spiro atoms. The molecule has 0 aliphatic carbocycles. The third-order valence-corrected chi connectivity index (χ3v) is 6.85. The van der Waals surface area contributed by atoms with Crippen molar-refractivity contribution in [3.8, 4) is 5.69 Å². The lowest BCUT2D eigenvalue weighted by molar-refractivity contribution is 0.310. The third-order valence-electron chi connectivity index (χ3n) is 6.18. The first-order chi connectivity index (χ1) is 16.0. The Labute approximate surface area is 204 Å². The van der Waals surface area contributed by atoms with Crippen molar-refractivity contribution in [1.29, 1.82) is 0 Å². The summed E-state index contributed by atoms with van der Waals surface area (Å²) in [6.07, 6.45) is 5.46. The van der Waals surface area contributed by atoms with Gasteiger partial charge in [0.15, 0.2) is 5.11 Å². The summed E-state index contributed by atoms with van der Waals surface area (Å²) in [6, 6.07) is 20.2. The lowest BCUT2D eigenvalue weighted by Gasteiger charge is -2.28. The van der Waals surface area contributed by atoms with E-state index in [9.17, 15) is 0 Å². The first-order valence-corrected chi connectivity index (χ1v) is 11.6. The van der Waals surface area contributed by atoms with Crippen LogP contribution in [0, 0.1) is 13.8 Å². The van der Waals surface area contributed by atoms with Crippen LogP contribution in [0.1, 0.15) is 40.3 Å². The minimum Gasteiger partial charge on any atom is -0.352 e. The van der Waals surface area contributed by atoms with Crippen molar-refractivity contribution in [2.24, 2.45) is 0 Å². The number of para-hydroxylation sites is 1. The van der Waals surface area contributed by atoms with Gasteiger partial charge in [-0.1, -0.05) is 29.8 Å². The Kier molecular flexibility index (Phi) is 5.87. The molecule has 5 nitrogen and oxygen atoms in total. The summed E-state index contributed by atoms with van der Waals surface area (Å²) in [5, 5.41) is 4.98. The molecule has 3 aromatic heterocycles. The molecule has 2 atom stereocenters. The number of pyridine rings is 2. The fraction of sp³-hybridized carbons (Fsp3) is 0.192. The molecule has 1 aliphatic rings. The molecule has 33 heavy (non-hydrogen) atoms.